The lowest BCUT2D eigenvalue weighted by Crippen LogP contribution is -2.14. The van der Waals surface area contributed by atoms with E-state index in [1.54, 1.807) is 12.1 Å². The van der Waals surface area contributed by atoms with Crippen LogP contribution in [0.1, 0.15) is 15.9 Å². The molecule has 2 heterocycles. The summed E-state index contributed by atoms with van der Waals surface area (Å²) in [4.78, 5) is 27.5. The van der Waals surface area contributed by atoms with Crippen molar-refractivity contribution < 1.29 is 4.79 Å². The molecule has 0 aliphatic carbocycles. The summed E-state index contributed by atoms with van der Waals surface area (Å²) >= 11 is 8.06. The molecule has 4 rings (SSSR count). The van der Waals surface area contributed by atoms with E-state index < -0.39 is 0 Å². The Kier molecular flexibility index (Phi) is 6.71. The van der Waals surface area contributed by atoms with Crippen molar-refractivity contribution in [3.05, 3.63) is 80.6 Å². The smallest absolute Gasteiger partial charge is 0.257 e. The third kappa shape index (κ3) is 5.25. The number of aromatic nitrogens is 3. The fourth-order valence-electron chi connectivity index (χ4n) is 3.03. The Hall–Kier alpha value is -2.98. The van der Waals surface area contributed by atoms with Crippen molar-refractivity contribution >= 4 is 68.5 Å². The summed E-state index contributed by atoms with van der Waals surface area (Å²) in [6, 6.07) is 17.0. The Balaban J connectivity index is 1.47. The van der Waals surface area contributed by atoms with E-state index in [-0.39, 0.29) is 5.91 Å². The maximum Gasteiger partial charge on any atom is 0.257 e. The number of rotatable bonds is 6. The standard InChI is InChI=1S/C23H20ClIN6O/c1-31(2)23-29-19-9-6-16(25)11-18(19)21(30-23)27-12-14-3-7-17(8-4-14)28-22(32)15-5-10-20(24)26-13-15/h3-11,13H,12H2,1-2H3,(H,28,32)(H,27,29,30). The maximum atomic E-state index is 12.3. The van der Waals surface area contributed by atoms with Gasteiger partial charge in [0.2, 0.25) is 5.95 Å². The largest absolute Gasteiger partial charge is 0.365 e. The van der Waals surface area contributed by atoms with Crippen LogP contribution in [0.4, 0.5) is 17.5 Å². The van der Waals surface area contributed by atoms with E-state index >= 15 is 0 Å². The third-order valence-corrected chi connectivity index (χ3v) is 5.60. The zero-order valence-electron chi connectivity index (χ0n) is 17.4. The molecule has 0 saturated heterocycles. The van der Waals surface area contributed by atoms with E-state index in [1.165, 1.54) is 6.20 Å². The van der Waals surface area contributed by atoms with Crippen molar-refractivity contribution in [3.8, 4) is 0 Å². The molecule has 0 aliphatic heterocycles. The first-order chi connectivity index (χ1) is 15.4. The molecule has 0 bridgehead atoms. The number of fused-ring (bicyclic) bond motifs is 1. The highest BCUT2D eigenvalue weighted by Crippen LogP contribution is 2.25. The Morgan fingerprint density at radius 2 is 1.84 bits per heavy atom. The lowest BCUT2D eigenvalue weighted by molar-refractivity contribution is 0.102. The van der Waals surface area contributed by atoms with E-state index in [0.717, 1.165) is 25.9 Å². The summed E-state index contributed by atoms with van der Waals surface area (Å²) in [5.74, 6) is 1.19. The average Bonchev–Trinajstić information content (AvgIpc) is 2.78. The zero-order valence-corrected chi connectivity index (χ0v) is 20.3. The molecular formula is C23H20ClIN6O. The van der Waals surface area contributed by atoms with Gasteiger partial charge < -0.3 is 15.5 Å². The molecule has 2 N–H and O–H groups in total. The summed E-state index contributed by atoms with van der Waals surface area (Å²) in [6.45, 7) is 0.583. The summed E-state index contributed by atoms with van der Waals surface area (Å²) in [7, 11) is 3.84. The van der Waals surface area contributed by atoms with Crippen molar-refractivity contribution in [1.29, 1.82) is 0 Å². The second kappa shape index (κ2) is 9.66. The molecule has 2 aromatic carbocycles. The van der Waals surface area contributed by atoms with Gasteiger partial charge in [0, 0.05) is 41.5 Å². The van der Waals surface area contributed by atoms with Crippen LogP contribution < -0.4 is 15.5 Å². The highest BCUT2D eigenvalue weighted by Gasteiger charge is 2.10. The number of nitrogens with zero attached hydrogens (tertiary/aromatic N) is 4. The van der Waals surface area contributed by atoms with Gasteiger partial charge in [-0.3, -0.25) is 4.79 Å². The molecule has 32 heavy (non-hydrogen) atoms. The summed E-state index contributed by atoms with van der Waals surface area (Å²) < 4.78 is 1.12. The van der Waals surface area contributed by atoms with Crippen LogP contribution in [0.25, 0.3) is 10.9 Å². The molecule has 7 nitrogen and oxygen atoms in total. The molecule has 1 amide bonds. The van der Waals surface area contributed by atoms with Crippen LogP contribution in [-0.4, -0.2) is 35.0 Å². The first kappa shape index (κ1) is 22.2. The van der Waals surface area contributed by atoms with Crippen LogP contribution in [0, 0.1) is 3.57 Å². The Labute approximate surface area is 204 Å². The first-order valence-electron chi connectivity index (χ1n) is 9.79. The number of anilines is 3. The molecule has 0 fully saturated rings. The summed E-state index contributed by atoms with van der Waals surface area (Å²) in [5.41, 5.74) is 3.09. The van der Waals surface area contributed by atoms with Crippen molar-refractivity contribution in [3.63, 3.8) is 0 Å². The van der Waals surface area contributed by atoms with E-state index in [0.29, 0.717) is 28.9 Å². The number of carbonyl (C=O) groups is 1. The van der Waals surface area contributed by atoms with Gasteiger partial charge in [-0.25, -0.2) is 9.97 Å². The Morgan fingerprint density at radius 1 is 1.06 bits per heavy atom. The number of hydrogen-bond donors (Lipinski definition) is 2. The molecular weight excluding hydrogens is 539 g/mol. The fraction of sp³-hybridized carbons (Fsp3) is 0.130. The normalized spacial score (nSPS) is 10.8. The monoisotopic (exact) mass is 558 g/mol. The maximum absolute atomic E-state index is 12.3. The SMILES string of the molecule is CN(C)c1nc(NCc2ccc(NC(=O)c3ccc(Cl)nc3)cc2)c2cc(I)ccc2n1. The number of nitrogens with one attached hydrogen (secondary N) is 2. The van der Waals surface area contributed by atoms with Crippen molar-refractivity contribution in [2.75, 3.05) is 29.6 Å². The summed E-state index contributed by atoms with van der Waals surface area (Å²) in [6.07, 6.45) is 1.45. The van der Waals surface area contributed by atoms with Gasteiger partial charge in [-0.2, -0.15) is 4.98 Å². The number of carbonyl (C=O) groups excluding carboxylic acids is 1. The highest BCUT2D eigenvalue weighted by molar-refractivity contribution is 14.1. The van der Waals surface area contributed by atoms with Gasteiger partial charge in [0.1, 0.15) is 11.0 Å². The molecule has 0 spiro atoms. The van der Waals surface area contributed by atoms with Gasteiger partial charge in [-0.15, -0.1) is 0 Å². The van der Waals surface area contributed by atoms with Gasteiger partial charge in [-0.05, 0) is 70.6 Å². The summed E-state index contributed by atoms with van der Waals surface area (Å²) in [5, 5.41) is 7.61. The molecule has 162 valence electrons. The molecule has 2 aromatic heterocycles. The van der Waals surface area contributed by atoms with Crippen molar-refractivity contribution in [2.45, 2.75) is 6.54 Å². The van der Waals surface area contributed by atoms with E-state index in [9.17, 15) is 4.79 Å². The minimum Gasteiger partial charge on any atom is -0.365 e. The lowest BCUT2D eigenvalue weighted by atomic mass is 10.2. The molecule has 4 aromatic rings. The van der Waals surface area contributed by atoms with Gasteiger partial charge in [0.25, 0.3) is 5.91 Å². The number of amides is 1. The van der Waals surface area contributed by atoms with Crippen molar-refractivity contribution in [1.82, 2.24) is 15.0 Å². The van der Waals surface area contributed by atoms with E-state index in [2.05, 4.69) is 54.2 Å². The second-order valence-electron chi connectivity index (χ2n) is 7.30. The lowest BCUT2D eigenvalue weighted by Gasteiger charge is -2.15. The number of pyridine rings is 1. The van der Waals surface area contributed by atoms with Crippen LogP contribution in [-0.2, 0) is 6.54 Å². The number of halogens is 2. The third-order valence-electron chi connectivity index (χ3n) is 4.71. The minimum absolute atomic E-state index is 0.238. The van der Waals surface area contributed by atoms with Gasteiger partial charge in [0.05, 0.1) is 11.1 Å². The Bertz CT molecular complexity index is 1260. The second-order valence-corrected chi connectivity index (χ2v) is 8.94. The quantitative estimate of drug-likeness (QED) is 0.250. The van der Waals surface area contributed by atoms with Crippen LogP contribution in [0.5, 0.6) is 0 Å². The van der Waals surface area contributed by atoms with E-state index in [4.69, 9.17) is 11.6 Å². The average molecular weight is 559 g/mol. The van der Waals surface area contributed by atoms with Gasteiger partial charge >= 0.3 is 0 Å². The van der Waals surface area contributed by atoms with Crippen LogP contribution in [0.2, 0.25) is 5.15 Å². The minimum atomic E-state index is -0.238. The predicted molar refractivity (Wildman–Crippen MR) is 138 cm³/mol. The van der Waals surface area contributed by atoms with Crippen LogP contribution in [0.15, 0.2) is 60.8 Å². The molecule has 0 radical (unpaired) electrons. The van der Waals surface area contributed by atoms with Gasteiger partial charge in [0.15, 0.2) is 0 Å². The number of hydrogen-bond acceptors (Lipinski definition) is 6. The highest BCUT2D eigenvalue weighted by atomic mass is 127. The van der Waals surface area contributed by atoms with Gasteiger partial charge in [-0.1, -0.05) is 23.7 Å². The first-order valence-corrected chi connectivity index (χ1v) is 11.2. The molecule has 0 aliphatic rings. The molecule has 9 heteroatoms. The topological polar surface area (TPSA) is 83.0 Å². The molecule has 0 unspecified atom stereocenters. The molecule has 0 atom stereocenters. The number of benzene rings is 2. The zero-order chi connectivity index (χ0) is 22.7. The van der Waals surface area contributed by atoms with E-state index in [1.807, 2.05) is 55.4 Å². The van der Waals surface area contributed by atoms with Crippen LogP contribution >= 0.6 is 34.2 Å². The van der Waals surface area contributed by atoms with Crippen molar-refractivity contribution in [2.24, 2.45) is 0 Å². The molecule has 0 saturated carbocycles. The Morgan fingerprint density at radius 3 is 2.53 bits per heavy atom. The predicted octanol–water partition coefficient (Wildman–Crippen LogP) is 5.21. The van der Waals surface area contributed by atoms with Crippen LogP contribution in [0.3, 0.4) is 0 Å². The fourth-order valence-corrected chi connectivity index (χ4v) is 3.63.